The Bertz CT molecular complexity index is 794. The van der Waals surface area contributed by atoms with Crippen LogP contribution in [0.2, 0.25) is 0 Å². The highest BCUT2D eigenvalue weighted by Gasteiger charge is 2.60. The molecule has 0 heterocycles. The standard InChI is InChI=1S/C30H46N2/c1-20(2)7-6-8-21(3)26-11-12-27-25-10-9-24-17-22(23(18-31)19-32)13-15-29(24,4)28(25)14-16-30(26,27)5/h20-21,24-28H,6-17H2,1-5H3/t21-,24+,25-,26-,27+,28-,29+,30-/m1/s1. The molecule has 0 saturated heterocycles. The molecule has 8 atom stereocenters. The maximum absolute atomic E-state index is 9.38. The van der Waals surface area contributed by atoms with Crippen LogP contribution in [0.25, 0.3) is 0 Å². The quantitative estimate of drug-likeness (QED) is 0.407. The van der Waals surface area contributed by atoms with Crippen molar-refractivity contribution in [3.8, 4) is 12.1 Å². The van der Waals surface area contributed by atoms with Crippen LogP contribution in [0.3, 0.4) is 0 Å². The lowest BCUT2D eigenvalue weighted by Crippen LogP contribution is -2.53. The van der Waals surface area contributed by atoms with E-state index in [2.05, 4.69) is 46.8 Å². The Balaban J connectivity index is 1.48. The highest BCUT2D eigenvalue weighted by Crippen LogP contribution is 2.68. The number of hydrogen-bond acceptors (Lipinski definition) is 2. The van der Waals surface area contributed by atoms with E-state index in [1.807, 2.05) is 0 Å². The summed E-state index contributed by atoms with van der Waals surface area (Å²) < 4.78 is 0. The van der Waals surface area contributed by atoms with Crippen LogP contribution in [-0.2, 0) is 0 Å². The van der Waals surface area contributed by atoms with Crippen LogP contribution < -0.4 is 0 Å². The van der Waals surface area contributed by atoms with E-state index < -0.39 is 0 Å². The molecule has 0 unspecified atom stereocenters. The van der Waals surface area contributed by atoms with Gasteiger partial charge in [-0.15, -0.1) is 0 Å². The summed E-state index contributed by atoms with van der Waals surface area (Å²) in [6.45, 7) is 12.6. The molecule has 176 valence electrons. The highest BCUT2D eigenvalue weighted by molar-refractivity contribution is 5.41. The monoisotopic (exact) mass is 434 g/mol. The Labute approximate surface area is 197 Å². The molecule has 2 heteroatoms. The molecule has 0 aromatic rings. The van der Waals surface area contributed by atoms with Gasteiger partial charge in [-0.3, -0.25) is 0 Å². The lowest BCUT2D eigenvalue weighted by Gasteiger charge is -2.61. The SMILES string of the molecule is CC(C)CCC[C@@H](C)[C@H]1CC[C@H]2[C@H]3CC[C@H]4CC(=C(C#N)C#N)CC[C@]4(C)[C@@H]3CC[C@]12C. The van der Waals surface area contributed by atoms with Gasteiger partial charge in [-0.1, -0.05) is 53.9 Å². The average Bonchev–Trinajstić information content (AvgIpc) is 3.11. The summed E-state index contributed by atoms with van der Waals surface area (Å²) in [6.07, 6.45) is 15.9. The Hall–Kier alpha value is -1.28. The normalized spacial score (nSPS) is 41.8. The summed E-state index contributed by atoms with van der Waals surface area (Å²) >= 11 is 0. The Kier molecular flexibility index (Phi) is 6.83. The van der Waals surface area contributed by atoms with Gasteiger partial charge in [0.2, 0.25) is 0 Å². The Morgan fingerprint density at radius 3 is 2.31 bits per heavy atom. The van der Waals surface area contributed by atoms with Crippen molar-refractivity contribution in [3.05, 3.63) is 11.1 Å². The molecule has 32 heavy (non-hydrogen) atoms. The summed E-state index contributed by atoms with van der Waals surface area (Å²) in [5.74, 6) is 6.04. The topological polar surface area (TPSA) is 47.6 Å². The molecule has 0 aliphatic heterocycles. The van der Waals surface area contributed by atoms with Crippen LogP contribution in [0, 0.1) is 74.9 Å². The third-order valence-electron chi connectivity index (χ3n) is 11.3. The molecular weight excluding hydrogens is 388 g/mol. The van der Waals surface area contributed by atoms with Gasteiger partial charge in [-0.05, 0) is 116 Å². The van der Waals surface area contributed by atoms with Crippen molar-refractivity contribution in [2.75, 3.05) is 0 Å². The van der Waals surface area contributed by atoms with Crippen molar-refractivity contribution in [2.24, 2.45) is 52.3 Å². The number of hydrogen-bond donors (Lipinski definition) is 0. The molecule has 0 amide bonds. The van der Waals surface area contributed by atoms with Gasteiger partial charge in [-0.25, -0.2) is 0 Å². The first kappa shape index (κ1) is 23.9. The smallest absolute Gasteiger partial charge is 0.128 e. The molecular formula is C30H46N2. The average molecular weight is 435 g/mol. The molecule has 4 aliphatic rings. The van der Waals surface area contributed by atoms with Gasteiger partial charge in [0, 0.05) is 0 Å². The molecule has 4 saturated carbocycles. The van der Waals surface area contributed by atoms with Crippen molar-refractivity contribution in [1.29, 1.82) is 10.5 Å². The number of nitriles is 2. The molecule has 4 rings (SSSR count). The van der Waals surface area contributed by atoms with Gasteiger partial charge in [0.25, 0.3) is 0 Å². The van der Waals surface area contributed by atoms with E-state index in [0.717, 1.165) is 53.9 Å². The fraction of sp³-hybridized carbons (Fsp3) is 0.867. The van der Waals surface area contributed by atoms with Crippen molar-refractivity contribution < 1.29 is 0 Å². The number of nitrogens with zero attached hydrogens (tertiary/aromatic N) is 2. The van der Waals surface area contributed by atoms with Crippen molar-refractivity contribution in [3.63, 3.8) is 0 Å². The van der Waals surface area contributed by atoms with Crippen molar-refractivity contribution in [1.82, 2.24) is 0 Å². The molecule has 0 radical (unpaired) electrons. The molecule has 0 aromatic heterocycles. The molecule has 0 bridgehead atoms. The fourth-order valence-corrected chi connectivity index (χ4v) is 9.51. The zero-order valence-corrected chi connectivity index (χ0v) is 21.4. The Morgan fingerprint density at radius 2 is 1.62 bits per heavy atom. The molecule has 0 spiro atoms. The van der Waals surface area contributed by atoms with Crippen LogP contribution in [0.15, 0.2) is 11.1 Å². The minimum atomic E-state index is 0.412. The molecule has 4 fully saturated rings. The second-order valence-corrected chi connectivity index (χ2v) is 13.1. The molecule has 2 nitrogen and oxygen atoms in total. The molecule has 0 N–H and O–H groups in total. The maximum Gasteiger partial charge on any atom is 0.128 e. The summed E-state index contributed by atoms with van der Waals surface area (Å²) in [4.78, 5) is 0. The largest absolute Gasteiger partial charge is 0.192 e. The maximum atomic E-state index is 9.38. The summed E-state index contributed by atoms with van der Waals surface area (Å²) in [6, 6.07) is 4.35. The highest BCUT2D eigenvalue weighted by atomic mass is 14.6. The predicted octanol–water partition coefficient (Wildman–Crippen LogP) is 8.45. The minimum Gasteiger partial charge on any atom is -0.192 e. The summed E-state index contributed by atoms with van der Waals surface area (Å²) in [5, 5.41) is 18.8. The van der Waals surface area contributed by atoms with Crippen LogP contribution in [0.5, 0.6) is 0 Å². The van der Waals surface area contributed by atoms with Gasteiger partial charge < -0.3 is 0 Å². The van der Waals surface area contributed by atoms with Crippen LogP contribution >= 0.6 is 0 Å². The van der Waals surface area contributed by atoms with E-state index in [9.17, 15) is 10.5 Å². The van der Waals surface area contributed by atoms with Gasteiger partial charge in [-0.2, -0.15) is 10.5 Å². The number of rotatable bonds is 5. The van der Waals surface area contributed by atoms with E-state index in [1.165, 1.54) is 64.2 Å². The second-order valence-electron chi connectivity index (χ2n) is 13.1. The van der Waals surface area contributed by atoms with E-state index >= 15 is 0 Å². The summed E-state index contributed by atoms with van der Waals surface area (Å²) in [7, 11) is 0. The van der Waals surface area contributed by atoms with Crippen molar-refractivity contribution >= 4 is 0 Å². The third-order valence-corrected chi connectivity index (χ3v) is 11.3. The van der Waals surface area contributed by atoms with Gasteiger partial charge in [0.05, 0.1) is 0 Å². The first-order valence-electron chi connectivity index (χ1n) is 13.8. The third kappa shape index (κ3) is 3.95. The lowest BCUT2D eigenvalue weighted by atomic mass is 9.44. The molecule has 4 aliphatic carbocycles. The number of fused-ring (bicyclic) bond motifs is 5. The van der Waals surface area contributed by atoms with Crippen molar-refractivity contribution in [2.45, 2.75) is 112 Å². The predicted molar refractivity (Wildman–Crippen MR) is 131 cm³/mol. The lowest BCUT2D eigenvalue weighted by molar-refractivity contribution is -0.109. The van der Waals surface area contributed by atoms with Crippen LogP contribution in [0.4, 0.5) is 0 Å². The first-order valence-corrected chi connectivity index (χ1v) is 13.8. The van der Waals surface area contributed by atoms with Gasteiger partial charge in [0.1, 0.15) is 17.7 Å². The minimum absolute atomic E-state index is 0.412. The Morgan fingerprint density at radius 1 is 0.906 bits per heavy atom. The first-order chi connectivity index (χ1) is 15.2. The van der Waals surface area contributed by atoms with Crippen LogP contribution in [0.1, 0.15) is 112 Å². The van der Waals surface area contributed by atoms with Crippen LogP contribution in [-0.4, -0.2) is 0 Å². The van der Waals surface area contributed by atoms with Gasteiger partial charge >= 0.3 is 0 Å². The van der Waals surface area contributed by atoms with E-state index in [1.54, 1.807) is 0 Å². The zero-order valence-electron chi connectivity index (χ0n) is 21.4. The zero-order chi connectivity index (χ0) is 23.1. The van der Waals surface area contributed by atoms with E-state index in [-0.39, 0.29) is 0 Å². The number of allylic oxidation sites excluding steroid dienone is 2. The van der Waals surface area contributed by atoms with E-state index in [0.29, 0.717) is 22.3 Å². The van der Waals surface area contributed by atoms with Gasteiger partial charge in [0.15, 0.2) is 0 Å². The van der Waals surface area contributed by atoms with E-state index in [4.69, 9.17) is 0 Å². The summed E-state index contributed by atoms with van der Waals surface area (Å²) in [5.41, 5.74) is 2.56. The molecule has 0 aromatic carbocycles. The second kappa shape index (κ2) is 9.16. The fourth-order valence-electron chi connectivity index (χ4n) is 9.51.